The Labute approximate surface area is 121 Å². The molecule has 4 nitrogen and oxygen atoms in total. The SMILES string of the molecule is CCOC1CCN(C(=O)c2cc(C)ccc2NC)CC1. The number of anilines is 1. The summed E-state index contributed by atoms with van der Waals surface area (Å²) in [6, 6.07) is 5.95. The zero-order valence-corrected chi connectivity index (χ0v) is 12.6. The monoisotopic (exact) mass is 276 g/mol. The fraction of sp³-hybridized carbons (Fsp3) is 0.562. The molecule has 1 heterocycles. The molecule has 2 rings (SSSR count). The minimum Gasteiger partial charge on any atom is -0.387 e. The van der Waals surface area contributed by atoms with Gasteiger partial charge in [-0.25, -0.2) is 0 Å². The largest absolute Gasteiger partial charge is 0.387 e. The van der Waals surface area contributed by atoms with E-state index in [0.717, 1.165) is 49.4 Å². The van der Waals surface area contributed by atoms with Crippen LogP contribution in [-0.2, 0) is 4.74 Å². The van der Waals surface area contributed by atoms with Crippen LogP contribution in [0.15, 0.2) is 18.2 Å². The fourth-order valence-electron chi connectivity index (χ4n) is 2.68. The van der Waals surface area contributed by atoms with Gasteiger partial charge >= 0.3 is 0 Å². The Kier molecular flexibility index (Phi) is 5.01. The predicted octanol–water partition coefficient (Wildman–Crippen LogP) is 2.68. The molecule has 1 aromatic carbocycles. The molecule has 0 bridgehead atoms. The first kappa shape index (κ1) is 14.9. The van der Waals surface area contributed by atoms with E-state index in [1.54, 1.807) is 0 Å². The van der Waals surface area contributed by atoms with Crippen molar-refractivity contribution < 1.29 is 9.53 Å². The number of piperidine rings is 1. The van der Waals surface area contributed by atoms with E-state index < -0.39 is 0 Å². The molecule has 1 aromatic rings. The Morgan fingerprint density at radius 3 is 2.70 bits per heavy atom. The first-order valence-corrected chi connectivity index (χ1v) is 7.35. The van der Waals surface area contributed by atoms with Crippen LogP contribution in [0.3, 0.4) is 0 Å². The van der Waals surface area contributed by atoms with E-state index in [4.69, 9.17) is 4.74 Å². The summed E-state index contributed by atoms with van der Waals surface area (Å²) >= 11 is 0. The average Bonchev–Trinajstić information content (AvgIpc) is 2.47. The van der Waals surface area contributed by atoms with Gasteiger partial charge in [0, 0.05) is 32.4 Å². The smallest absolute Gasteiger partial charge is 0.255 e. The van der Waals surface area contributed by atoms with Gasteiger partial charge in [0.2, 0.25) is 0 Å². The van der Waals surface area contributed by atoms with Crippen molar-refractivity contribution in [2.45, 2.75) is 32.8 Å². The van der Waals surface area contributed by atoms with Gasteiger partial charge in [-0.2, -0.15) is 0 Å². The van der Waals surface area contributed by atoms with Crippen LogP contribution in [0.4, 0.5) is 5.69 Å². The lowest BCUT2D eigenvalue weighted by atomic mass is 10.0. The topological polar surface area (TPSA) is 41.6 Å². The zero-order valence-electron chi connectivity index (χ0n) is 12.6. The first-order chi connectivity index (χ1) is 9.65. The highest BCUT2D eigenvalue weighted by Crippen LogP contribution is 2.22. The molecule has 0 unspecified atom stereocenters. The van der Waals surface area contributed by atoms with Crippen LogP contribution in [0.25, 0.3) is 0 Å². The van der Waals surface area contributed by atoms with Gasteiger partial charge in [-0.1, -0.05) is 11.6 Å². The van der Waals surface area contributed by atoms with E-state index in [9.17, 15) is 4.79 Å². The number of benzene rings is 1. The molecule has 20 heavy (non-hydrogen) atoms. The Morgan fingerprint density at radius 2 is 2.10 bits per heavy atom. The molecule has 0 saturated carbocycles. The Morgan fingerprint density at radius 1 is 1.40 bits per heavy atom. The number of carbonyl (C=O) groups is 1. The van der Waals surface area contributed by atoms with Gasteiger partial charge in [0.1, 0.15) is 0 Å². The quantitative estimate of drug-likeness (QED) is 0.919. The number of aryl methyl sites for hydroxylation is 1. The highest BCUT2D eigenvalue weighted by atomic mass is 16.5. The van der Waals surface area contributed by atoms with Crippen LogP contribution in [0.5, 0.6) is 0 Å². The van der Waals surface area contributed by atoms with E-state index in [1.807, 2.05) is 44.0 Å². The van der Waals surface area contributed by atoms with Gasteiger partial charge in [0.25, 0.3) is 5.91 Å². The van der Waals surface area contributed by atoms with Gasteiger partial charge in [-0.05, 0) is 38.8 Å². The molecule has 1 saturated heterocycles. The van der Waals surface area contributed by atoms with E-state index in [2.05, 4.69) is 5.32 Å². The van der Waals surface area contributed by atoms with Gasteiger partial charge in [-0.3, -0.25) is 4.79 Å². The van der Waals surface area contributed by atoms with E-state index in [1.165, 1.54) is 0 Å². The summed E-state index contributed by atoms with van der Waals surface area (Å²) in [4.78, 5) is 14.6. The third kappa shape index (κ3) is 3.31. The maximum atomic E-state index is 12.6. The minimum atomic E-state index is 0.119. The van der Waals surface area contributed by atoms with Crippen LogP contribution >= 0.6 is 0 Å². The first-order valence-electron chi connectivity index (χ1n) is 7.35. The molecule has 0 atom stereocenters. The van der Waals surface area contributed by atoms with Crippen LogP contribution in [0, 0.1) is 6.92 Å². The van der Waals surface area contributed by atoms with E-state index in [0.29, 0.717) is 6.10 Å². The molecule has 1 fully saturated rings. The van der Waals surface area contributed by atoms with Gasteiger partial charge in [-0.15, -0.1) is 0 Å². The molecular weight excluding hydrogens is 252 g/mol. The molecular formula is C16H24N2O2. The van der Waals surface area contributed by atoms with Crippen molar-refractivity contribution in [3.05, 3.63) is 29.3 Å². The second-order valence-electron chi connectivity index (χ2n) is 5.25. The molecule has 1 N–H and O–H groups in total. The van der Waals surface area contributed by atoms with Crippen molar-refractivity contribution in [1.82, 2.24) is 4.90 Å². The molecule has 0 spiro atoms. The van der Waals surface area contributed by atoms with Crippen LogP contribution in [0.1, 0.15) is 35.7 Å². The second-order valence-corrected chi connectivity index (χ2v) is 5.25. The number of nitrogens with one attached hydrogen (secondary N) is 1. The highest BCUT2D eigenvalue weighted by molar-refractivity contribution is 5.99. The van der Waals surface area contributed by atoms with Crippen molar-refractivity contribution in [2.75, 3.05) is 32.1 Å². The second kappa shape index (κ2) is 6.75. The minimum absolute atomic E-state index is 0.119. The Bertz CT molecular complexity index is 466. The van der Waals surface area contributed by atoms with E-state index in [-0.39, 0.29) is 5.91 Å². The number of likely N-dealkylation sites (tertiary alicyclic amines) is 1. The lowest BCUT2D eigenvalue weighted by Crippen LogP contribution is -2.41. The molecule has 4 heteroatoms. The predicted molar refractivity (Wildman–Crippen MR) is 81.3 cm³/mol. The fourth-order valence-corrected chi connectivity index (χ4v) is 2.68. The highest BCUT2D eigenvalue weighted by Gasteiger charge is 2.25. The summed E-state index contributed by atoms with van der Waals surface area (Å²) in [5.41, 5.74) is 2.77. The number of carbonyl (C=O) groups excluding carboxylic acids is 1. The maximum Gasteiger partial charge on any atom is 0.255 e. The summed E-state index contributed by atoms with van der Waals surface area (Å²) < 4.78 is 5.63. The van der Waals surface area contributed by atoms with Crippen molar-refractivity contribution in [3.8, 4) is 0 Å². The summed E-state index contributed by atoms with van der Waals surface area (Å²) in [5.74, 6) is 0.119. The normalized spacial score (nSPS) is 16.2. The molecule has 1 aliphatic heterocycles. The third-order valence-corrected chi connectivity index (χ3v) is 3.81. The number of hydrogen-bond donors (Lipinski definition) is 1. The molecule has 0 aliphatic carbocycles. The van der Waals surface area contributed by atoms with Crippen LogP contribution in [-0.4, -0.2) is 43.7 Å². The lowest BCUT2D eigenvalue weighted by molar-refractivity contribution is 0.0146. The number of hydrogen-bond acceptors (Lipinski definition) is 3. The molecule has 0 radical (unpaired) electrons. The lowest BCUT2D eigenvalue weighted by Gasteiger charge is -2.32. The van der Waals surface area contributed by atoms with Crippen LogP contribution in [0.2, 0.25) is 0 Å². The molecule has 1 amide bonds. The van der Waals surface area contributed by atoms with Crippen molar-refractivity contribution in [2.24, 2.45) is 0 Å². The Balaban J connectivity index is 2.07. The summed E-state index contributed by atoms with van der Waals surface area (Å²) in [7, 11) is 1.85. The van der Waals surface area contributed by atoms with Gasteiger partial charge < -0.3 is 15.0 Å². The number of rotatable bonds is 4. The van der Waals surface area contributed by atoms with Crippen molar-refractivity contribution >= 4 is 11.6 Å². The third-order valence-electron chi connectivity index (χ3n) is 3.81. The number of nitrogens with zero attached hydrogens (tertiary/aromatic N) is 1. The average molecular weight is 276 g/mol. The summed E-state index contributed by atoms with van der Waals surface area (Å²) in [5, 5.41) is 3.10. The van der Waals surface area contributed by atoms with Gasteiger partial charge in [0.05, 0.1) is 11.7 Å². The number of ether oxygens (including phenoxy) is 1. The molecule has 1 aliphatic rings. The van der Waals surface area contributed by atoms with Crippen molar-refractivity contribution in [3.63, 3.8) is 0 Å². The number of amides is 1. The van der Waals surface area contributed by atoms with Crippen molar-refractivity contribution in [1.29, 1.82) is 0 Å². The van der Waals surface area contributed by atoms with Gasteiger partial charge in [0.15, 0.2) is 0 Å². The zero-order chi connectivity index (χ0) is 14.5. The Hall–Kier alpha value is -1.55. The maximum absolute atomic E-state index is 12.6. The van der Waals surface area contributed by atoms with E-state index >= 15 is 0 Å². The summed E-state index contributed by atoms with van der Waals surface area (Å²) in [6.45, 7) is 6.34. The van der Waals surface area contributed by atoms with Crippen LogP contribution < -0.4 is 5.32 Å². The molecule has 0 aromatic heterocycles. The summed E-state index contributed by atoms with van der Waals surface area (Å²) in [6.07, 6.45) is 2.17. The standard InChI is InChI=1S/C16H24N2O2/c1-4-20-13-7-9-18(10-8-13)16(19)14-11-12(2)5-6-15(14)17-3/h5-6,11,13,17H,4,7-10H2,1-3H3. The molecule has 110 valence electrons.